The third-order valence-corrected chi connectivity index (χ3v) is 3.31. The molecule has 0 bridgehead atoms. The first kappa shape index (κ1) is 10.3. The van der Waals surface area contributed by atoms with E-state index in [1.165, 1.54) is 19.3 Å². The van der Waals surface area contributed by atoms with E-state index >= 15 is 0 Å². The summed E-state index contributed by atoms with van der Waals surface area (Å²) in [4.78, 5) is 0. The third-order valence-electron chi connectivity index (χ3n) is 3.31. The summed E-state index contributed by atoms with van der Waals surface area (Å²) in [5.74, 6) is 1.71. The number of hydrogen-bond donors (Lipinski definition) is 1. The minimum Gasteiger partial charge on any atom is -0.495 e. The van der Waals surface area contributed by atoms with Crippen LogP contribution in [0.1, 0.15) is 26.2 Å². The van der Waals surface area contributed by atoms with Gasteiger partial charge in [0.25, 0.3) is 0 Å². The molecule has 1 aliphatic rings. The van der Waals surface area contributed by atoms with E-state index in [9.17, 15) is 0 Å². The monoisotopic (exact) mass is 205 g/mol. The van der Waals surface area contributed by atoms with Crippen LogP contribution in [-0.4, -0.2) is 13.2 Å². The van der Waals surface area contributed by atoms with Crippen LogP contribution < -0.4 is 10.1 Å². The van der Waals surface area contributed by atoms with Gasteiger partial charge in [0.05, 0.1) is 12.8 Å². The molecule has 1 aliphatic carbocycles. The summed E-state index contributed by atoms with van der Waals surface area (Å²) in [6.07, 6.45) is 3.96. The van der Waals surface area contributed by atoms with E-state index in [-0.39, 0.29) is 0 Å². The molecule has 2 atom stereocenters. The fourth-order valence-corrected chi connectivity index (χ4v) is 2.32. The van der Waals surface area contributed by atoms with Crippen LogP contribution in [0.4, 0.5) is 5.69 Å². The van der Waals surface area contributed by atoms with Crippen LogP contribution in [0.5, 0.6) is 5.75 Å². The van der Waals surface area contributed by atoms with Gasteiger partial charge in [-0.3, -0.25) is 0 Å². The van der Waals surface area contributed by atoms with E-state index < -0.39 is 0 Å². The number of methoxy groups -OCH3 is 1. The molecule has 0 aliphatic heterocycles. The van der Waals surface area contributed by atoms with E-state index in [4.69, 9.17) is 4.74 Å². The van der Waals surface area contributed by atoms with Gasteiger partial charge in [-0.25, -0.2) is 0 Å². The van der Waals surface area contributed by atoms with Crippen LogP contribution in [0.3, 0.4) is 0 Å². The third kappa shape index (κ3) is 2.25. The van der Waals surface area contributed by atoms with E-state index in [0.717, 1.165) is 17.4 Å². The lowest BCUT2D eigenvalue weighted by atomic mass is 10.1. The Bertz CT molecular complexity index is 324. The van der Waals surface area contributed by atoms with Crippen LogP contribution in [0.2, 0.25) is 0 Å². The number of nitrogens with one attached hydrogen (secondary N) is 1. The first-order valence-corrected chi connectivity index (χ1v) is 5.71. The summed E-state index contributed by atoms with van der Waals surface area (Å²) >= 11 is 0. The molecule has 82 valence electrons. The zero-order chi connectivity index (χ0) is 10.7. The Morgan fingerprint density at radius 3 is 2.73 bits per heavy atom. The maximum absolute atomic E-state index is 5.33. The molecule has 1 aromatic rings. The Hall–Kier alpha value is -1.18. The van der Waals surface area contributed by atoms with Gasteiger partial charge < -0.3 is 10.1 Å². The molecule has 1 saturated carbocycles. The molecule has 2 rings (SSSR count). The highest BCUT2D eigenvalue weighted by molar-refractivity contribution is 5.56. The van der Waals surface area contributed by atoms with Crippen molar-refractivity contribution in [2.75, 3.05) is 12.4 Å². The lowest BCUT2D eigenvalue weighted by Crippen LogP contribution is -2.21. The summed E-state index contributed by atoms with van der Waals surface area (Å²) in [7, 11) is 1.72. The predicted octanol–water partition coefficient (Wildman–Crippen LogP) is 3.30. The van der Waals surface area contributed by atoms with Gasteiger partial charge in [-0.05, 0) is 30.9 Å². The van der Waals surface area contributed by atoms with Crippen molar-refractivity contribution in [2.24, 2.45) is 5.92 Å². The second-order valence-corrected chi connectivity index (χ2v) is 4.36. The molecule has 0 spiro atoms. The van der Waals surface area contributed by atoms with E-state index in [1.54, 1.807) is 7.11 Å². The second kappa shape index (κ2) is 4.56. The molecule has 1 fully saturated rings. The predicted molar refractivity (Wildman–Crippen MR) is 63.4 cm³/mol. The molecule has 0 aromatic heterocycles. The number of para-hydroxylation sites is 2. The van der Waals surface area contributed by atoms with Gasteiger partial charge in [-0.15, -0.1) is 0 Å². The molecule has 0 amide bonds. The Labute approximate surface area is 91.6 Å². The molecule has 0 radical (unpaired) electrons. The summed E-state index contributed by atoms with van der Waals surface area (Å²) in [5.41, 5.74) is 1.12. The fraction of sp³-hybridized carbons (Fsp3) is 0.538. The maximum atomic E-state index is 5.33. The van der Waals surface area contributed by atoms with Crippen LogP contribution in [0.25, 0.3) is 0 Å². The van der Waals surface area contributed by atoms with Crippen molar-refractivity contribution >= 4 is 5.69 Å². The molecule has 15 heavy (non-hydrogen) atoms. The highest BCUT2D eigenvalue weighted by Crippen LogP contribution is 2.31. The highest BCUT2D eigenvalue weighted by atomic mass is 16.5. The van der Waals surface area contributed by atoms with Crippen molar-refractivity contribution in [3.05, 3.63) is 24.3 Å². The van der Waals surface area contributed by atoms with Gasteiger partial charge in [-0.2, -0.15) is 0 Å². The smallest absolute Gasteiger partial charge is 0.141 e. The van der Waals surface area contributed by atoms with Crippen molar-refractivity contribution in [2.45, 2.75) is 32.2 Å². The fourth-order valence-electron chi connectivity index (χ4n) is 2.32. The largest absolute Gasteiger partial charge is 0.495 e. The van der Waals surface area contributed by atoms with E-state index in [1.807, 2.05) is 18.2 Å². The average molecular weight is 205 g/mol. The number of ether oxygens (including phenoxy) is 1. The van der Waals surface area contributed by atoms with Crippen LogP contribution in [0.15, 0.2) is 24.3 Å². The Balaban J connectivity index is 2.09. The zero-order valence-corrected chi connectivity index (χ0v) is 9.49. The van der Waals surface area contributed by atoms with E-state index in [2.05, 4.69) is 18.3 Å². The number of rotatable bonds is 3. The summed E-state index contributed by atoms with van der Waals surface area (Å²) in [5, 5.41) is 3.59. The van der Waals surface area contributed by atoms with Crippen LogP contribution in [-0.2, 0) is 0 Å². The minimum atomic E-state index is 0.612. The number of benzene rings is 1. The first-order chi connectivity index (χ1) is 7.31. The van der Waals surface area contributed by atoms with Crippen molar-refractivity contribution < 1.29 is 4.74 Å². The number of anilines is 1. The lowest BCUT2D eigenvalue weighted by Gasteiger charge is -2.20. The van der Waals surface area contributed by atoms with Crippen molar-refractivity contribution in [1.29, 1.82) is 0 Å². The maximum Gasteiger partial charge on any atom is 0.141 e. The van der Waals surface area contributed by atoms with Gasteiger partial charge in [0, 0.05) is 6.04 Å². The Morgan fingerprint density at radius 2 is 2.07 bits per heavy atom. The van der Waals surface area contributed by atoms with Crippen molar-refractivity contribution in [3.8, 4) is 5.75 Å². The van der Waals surface area contributed by atoms with Gasteiger partial charge in [0.1, 0.15) is 5.75 Å². The summed E-state index contributed by atoms with van der Waals surface area (Å²) in [6.45, 7) is 2.32. The van der Waals surface area contributed by atoms with Crippen molar-refractivity contribution in [1.82, 2.24) is 0 Å². The van der Waals surface area contributed by atoms with Gasteiger partial charge in [-0.1, -0.05) is 25.5 Å². The molecule has 0 heterocycles. The standard InChI is InChI=1S/C13H19NO/c1-10-6-5-8-11(10)14-12-7-3-4-9-13(12)15-2/h3-4,7,9-11,14H,5-6,8H2,1-2H3. The molecule has 2 unspecified atom stereocenters. The quantitative estimate of drug-likeness (QED) is 0.817. The normalized spacial score (nSPS) is 25.2. The SMILES string of the molecule is COc1ccccc1NC1CCCC1C. The lowest BCUT2D eigenvalue weighted by molar-refractivity contribution is 0.415. The first-order valence-electron chi connectivity index (χ1n) is 5.71. The molecule has 2 heteroatoms. The summed E-state index contributed by atoms with van der Waals surface area (Å²) in [6, 6.07) is 8.75. The van der Waals surface area contributed by atoms with Crippen LogP contribution >= 0.6 is 0 Å². The average Bonchev–Trinajstić information content (AvgIpc) is 2.65. The topological polar surface area (TPSA) is 21.3 Å². The molecular formula is C13H19NO. The Morgan fingerprint density at radius 1 is 1.27 bits per heavy atom. The molecular weight excluding hydrogens is 186 g/mol. The zero-order valence-electron chi connectivity index (χ0n) is 9.49. The second-order valence-electron chi connectivity index (χ2n) is 4.36. The molecule has 0 saturated heterocycles. The van der Waals surface area contributed by atoms with E-state index in [0.29, 0.717) is 6.04 Å². The molecule has 1 aromatic carbocycles. The minimum absolute atomic E-state index is 0.612. The van der Waals surface area contributed by atoms with Gasteiger partial charge in [0.15, 0.2) is 0 Å². The number of hydrogen-bond acceptors (Lipinski definition) is 2. The summed E-state index contributed by atoms with van der Waals surface area (Å²) < 4.78 is 5.33. The van der Waals surface area contributed by atoms with Gasteiger partial charge in [0.2, 0.25) is 0 Å². The molecule has 1 N–H and O–H groups in total. The van der Waals surface area contributed by atoms with Gasteiger partial charge >= 0.3 is 0 Å². The molecule has 2 nitrogen and oxygen atoms in total. The highest BCUT2D eigenvalue weighted by Gasteiger charge is 2.23. The van der Waals surface area contributed by atoms with Crippen LogP contribution in [0, 0.1) is 5.92 Å². The van der Waals surface area contributed by atoms with Crippen molar-refractivity contribution in [3.63, 3.8) is 0 Å². The Kier molecular flexibility index (Phi) is 3.14.